The topological polar surface area (TPSA) is 72.7 Å². The quantitative estimate of drug-likeness (QED) is 0.552. The Hall–Kier alpha value is -2.48. The summed E-state index contributed by atoms with van der Waals surface area (Å²) in [5.74, 6) is -0.961. The molecule has 0 atom stereocenters. The molecule has 0 bridgehead atoms. The minimum Gasteiger partial charge on any atom is -0.481 e. The zero-order valence-electron chi connectivity index (χ0n) is 12.7. The van der Waals surface area contributed by atoms with Crippen molar-refractivity contribution in [2.45, 2.75) is 6.54 Å². The van der Waals surface area contributed by atoms with Crippen LogP contribution in [0.15, 0.2) is 46.9 Å². The number of carbonyl (C=O) groups excluding carboxylic acids is 1. The number of nitro groups is 1. The van der Waals surface area contributed by atoms with E-state index in [2.05, 4.69) is 15.9 Å². The zero-order chi connectivity index (χ0) is 17.7. The minimum absolute atomic E-state index is 0.0182. The molecule has 0 radical (unpaired) electrons. The van der Waals surface area contributed by atoms with Gasteiger partial charge in [0.15, 0.2) is 18.2 Å². The summed E-state index contributed by atoms with van der Waals surface area (Å²) in [5.41, 5.74) is 0.580. The Morgan fingerprint density at radius 3 is 2.75 bits per heavy atom. The van der Waals surface area contributed by atoms with E-state index >= 15 is 0 Å². The first-order valence-electron chi connectivity index (χ1n) is 6.92. The first-order valence-corrected chi connectivity index (χ1v) is 7.71. The molecule has 0 saturated carbocycles. The summed E-state index contributed by atoms with van der Waals surface area (Å²) < 4.78 is 19.4. The molecule has 8 heteroatoms. The van der Waals surface area contributed by atoms with Gasteiger partial charge in [-0.25, -0.2) is 4.39 Å². The zero-order valence-corrected chi connectivity index (χ0v) is 14.3. The predicted octanol–water partition coefficient (Wildman–Crippen LogP) is 3.53. The van der Waals surface area contributed by atoms with Crippen molar-refractivity contribution in [2.24, 2.45) is 0 Å². The Labute approximate surface area is 146 Å². The van der Waals surface area contributed by atoms with Gasteiger partial charge in [0.2, 0.25) is 0 Å². The Morgan fingerprint density at radius 1 is 1.33 bits per heavy atom. The van der Waals surface area contributed by atoms with E-state index in [1.165, 1.54) is 29.2 Å². The first-order chi connectivity index (χ1) is 11.4. The van der Waals surface area contributed by atoms with Gasteiger partial charge in [-0.15, -0.1) is 0 Å². The third kappa shape index (κ3) is 4.76. The molecule has 0 aromatic heterocycles. The van der Waals surface area contributed by atoms with E-state index in [1.54, 1.807) is 25.2 Å². The molecule has 0 aliphatic rings. The Balaban J connectivity index is 1.94. The largest absolute Gasteiger partial charge is 0.481 e. The lowest BCUT2D eigenvalue weighted by atomic mass is 10.2. The number of ether oxygens (including phenoxy) is 1. The number of rotatable bonds is 6. The van der Waals surface area contributed by atoms with Crippen LogP contribution in [0.5, 0.6) is 5.75 Å². The predicted molar refractivity (Wildman–Crippen MR) is 89.2 cm³/mol. The van der Waals surface area contributed by atoms with Gasteiger partial charge in [-0.2, -0.15) is 0 Å². The molecular weight excluding hydrogens is 383 g/mol. The van der Waals surface area contributed by atoms with Gasteiger partial charge in [-0.05, 0) is 23.8 Å². The van der Waals surface area contributed by atoms with E-state index in [9.17, 15) is 19.3 Å². The summed E-state index contributed by atoms with van der Waals surface area (Å²) in [6, 6.07) is 10.3. The number of hydrogen-bond donors (Lipinski definition) is 0. The second-order valence-corrected chi connectivity index (χ2v) is 5.96. The maximum Gasteiger partial charge on any atom is 0.269 e. The molecule has 6 nitrogen and oxygen atoms in total. The molecule has 0 unspecified atom stereocenters. The highest BCUT2D eigenvalue weighted by molar-refractivity contribution is 9.10. The molecule has 24 heavy (non-hydrogen) atoms. The second-order valence-electron chi connectivity index (χ2n) is 5.04. The Bertz CT molecular complexity index is 769. The Kier molecular flexibility index (Phi) is 5.86. The number of amides is 1. The lowest BCUT2D eigenvalue weighted by molar-refractivity contribution is -0.384. The van der Waals surface area contributed by atoms with Crippen molar-refractivity contribution < 1.29 is 18.8 Å². The summed E-state index contributed by atoms with van der Waals surface area (Å²) in [7, 11) is 1.54. The smallest absolute Gasteiger partial charge is 0.269 e. The van der Waals surface area contributed by atoms with Crippen molar-refractivity contribution in [3.63, 3.8) is 0 Å². The van der Waals surface area contributed by atoms with Crippen LogP contribution in [0.4, 0.5) is 10.1 Å². The van der Waals surface area contributed by atoms with Crippen molar-refractivity contribution in [3.05, 3.63) is 68.4 Å². The molecule has 126 valence electrons. The number of benzene rings is 2. The lowest BCUT2D eigenvalue weighted by Crippen LogP contribution is -2.31. The standard InChI is InChI=1S/C16H14BrFN2O4/c1-19(9-11-3-2-4-13(7-11)20(22)23)16(21)10-24-15-6-5-12(17)8-14(15)18/h2-8H,9-10H2,1H3. The fraction of sp³-hybridized carbons (Fsp3) is 0.188. The Morgan fingerprint density at radius 2 is 2.08 bits per heavy atom. The molecule has 0 saturated heterocycles. The SMILES string of the molecule is CN(Cc1cccc([N+](=O)[O-])c1)C(=O)COc1ccc(Br)cc1F. The van der Waals surface area contributed by atoms with Gasteiger partial charge >= 0.3 is 0 Å². The molecule has 1 amide bonds. The maximum atomic E-state index is 13.6. The van der Waals surface area contributed by atoms with E-state index in [1.807, 2.05) is 0 Å². The van der Waals surface area contributed by atoms with Crippen molar-refractivity contribution >= 4 is 27.5 Å². The summed E-state index contributed by atoms with van der Waals surface area (Å²) >= 11 is 3.13. The minimum atomic E-state index is -0.571. The number of likely N-dealkylation sites (N-methyl/N-ethyl adjacent to an activating group) is 1. The van der Waals surface area contributed by atoms with Crippen LogP contribution in [-0.2, 0) is 11.3 Å². The molecule has 0 heterocycles. The highest BCUT2D eigenvalue weighted by Gasteiger charge is 2.13. The average molecular weight is 397 g/mol. The van der Waals surface area contributed by atoms with Gasteiger partial charge in [0.1, 0.15) is 0 Å². The molecular formula is C16H14BrFN2O4. The van der Waals surface area contributed by atoms with E-state index in [-0.39, 0.29) is 30.5 Å². The molecule has 0 N–H and O–H groups in total. The van der Waals surface area contributed by atoms with E-state index in [4.69, 9.17) is 4.74 Å². The average Bonchev–Trinajstić information content (AvgIpc) is 2.54. The second kappa shape index (κ2) is 7.87. The first kappa shape index (κ1) is 17.9. The van der Waals surface area contributed by atoms with E-state index in [0.717, 1.165) is 0 Å². The van der Waals surface area contributed by atoms with Crippen LogP contribution >= 0.6 is 15.9 Å². The number of halogens is 2. The van der Waals surface area contributed by atoms with Gasteiger partial charge < -0.3 is 9.64 Å². The van der Waals surface area contributed by atoms with Gasteiger partial charge in [0, 0.05) is 30.2 Å². The number of nitro benzene ring substituents is 1. The fourth-order valence-corrected chi connectivity index (χ4v) is 2.31. The molecule has 0 aliphatic carbocycles. The van der Waals surface area contributed by atoms with Crippen LogP contribution in [0.3, 0.4) is 0 Å². The fourth-order valence-electron chi connectivity index (χ4n) is 1.97. The third-order valence-corrected chi connectivity index (χ3v) is 3.71. The molecule has 0 spiro atoms. The lowest BCUT2D eigenvalue weighted by Gasteiger charge is -2.17. The monoisotopic (exact) mass is 396 g/mol. The van der Waals surface area contributed by atoms with E-state index in [0.29, 0.717) is 10.0 Å². The van der Waals surface area contributed by atoms with Gasteiger partial charge in [-0.3, -0.25) is 14.9 Å². The van der Waals surface area contributed by atoms with Crippen LogP contribution in [0, 0.1) is 15.9 Å². The molecule has 0 aliphatic heterocycles. The maximum absolute atomic E-state index is 13.6. The van der Waals surface area contributed by atoms with Crippen molar-refractivity contribution in [3.8, 4) is 5.75 Å². The summed E-state index contributed by atoms with van der Waals surface area (Å²) in [5, 5.41) is 10.8. The highest BCUT2D eigenvalue weighted by Crippen LogP contribution is 2.21. The number of hydrogen-bond acceptors (Lipinski definition) is 4. The molecule has 2 aromatic rings. The van der Waals surface area contributed by atoms with Crippen LogP contribution < -0.4 is 4.74 Å². The molecule has 0 fully saturated rings. The number of non-ortho nitro benzene ring substituents is 1. The van der Waals surface area contributed by atoms with Crippen molar-refractivity contribution in [1.82, 2.24) is 4.90 Å². The van der Waals surface area contributed by atoms with Gasteiger partial charge in [0.05, 0.1) is 4.92 Å². The van der Waals surface area contributed by atoms with Crippen LogP contribution in [0.1, 0.15) is 5.56 Å². The molecule has 2 aromatic carbocycles. The van der Waals surface area contributed by atoms with E-state index < -0.39 is 10.7 Å². The van der Waals surface area contributed by atoms with Crippen molar-refractivity contribution in [1.29, 1.82) is 0 Å². The third-order valence-electron chi connectivity index (χ3n) is 3.21. The van der Waals surface area contributed by atoms with Gasteiger partial charge in [-0.1, -0.05) is 28.1 Å². The normalized spacial score (nSPS) is 10.3. The van der Waals surface area contributed by atoms with Crippen LogP contribution in [0.2, 0.25) is 0 Å². The number of nitrogens with zero attached hydrogens (tertiary/aromatic N) is 2. The number of carbonyl (C=O) groups is 1. The molecule has 2 rings (SSSR count). The van der Waals surface area contributed by atoms with Crippen LogP contribution in [0.25, 0.3) is 0 Å². The summed E-state index contributed by atoms with van der Waals surface area (Å²) in [4.78, 5) is 23.7. The van der Waals surface area contributed by atoms with Gasteiger partial charge in [0.25, 0.3) is 11.6 Å². The van der Waals surface area contributed by atoms with Crippen molar-refractivity contribution in [2.75, 3.05) is 13.7 Å². The van der Waals surface area contributed by atoms with Crippen LogP contribution in [-0.4, -0.2) is 29.4 Å². The highest BCUT2D eigenvalue weighted by atomic mass is 79.9. The summed E-state index contributed by atoms with van der Waals surface area (Å²) in [6.07, 6.45) is 0. The summed E-state index contributed by atoms with van der Waals surface area (Å²) in [6.45, 7) is -0.142.